The minimum absolute atomic E-state index is 0.00265. The van der Waals surface area contributed by atoms with Crippen LogP contribution < -0.4 is 4.74 Å². The Hall–Kier alpha value is -2.88. The number of ether oxygens (including phenoxy) is 1. The van der Waals surface area contributed by atoms with Crippen molar-refractivity contribution >= 4 is 16.8 Å². The van der Waals surface area contributed by atoms with Gasteiger partial charge in [-0.2, -0.15) is 0 Å². The van der Waals surface area contributed by atoms with Crippen molar-refractivity contribution in [2.75, 3.05) is 20.2 Å². The molecule has 1 aromatic heterocycles. The van der Waals surface area contributed by atoms with Crippen molar-refractivity contribution in [1.29, 1.82) is 0 Å². The van der Waals surface area contributed by atoms with E-state index in [4.69, 9.17) is 9.72 Å². The molecule has 0 bridgehead atoms. The first-order valence-electron chi connectivity index (χ1n) is 11.5. The van der Waals surface area contributed by atoms with Gasteiger partial charge in [0.25, 0.3) is 0 Å². The zero-order valence-corrected chi connectivity index (χ0v) is 18.0. The maximum atomic E-state index is 12.9. The third-order valence-electron chi connectivity index (χ3n) is 7.77. The van der Waals surface area contributed by atoms with Crippen LogP contribution in [0.1, 0.15) is 36.1 Å². The molecule has 3 aromatic rings. The van der Waals surface area contributed by atoms with Gasteiger partial charge in [0.1, 0.15) is 5.75 Å². The highest BCUT2D eigenvalue weighted by Gasteiger charge is 2.49. The summed E-state index contributed by atoms with van der Waals surface area (Å²) in [6.07, 6.45) is 5.02. The van der Waals surface area contributed by atoms with E-state index in [9.17, 15) is 4.79 Å². The Morgan fingerprint density at radius 2 is 2.00 bits per heavy atom. The molecule has 1 amide bonds. The van der Waals surface area contributed by atoms with E-state index in [1.807, 2.05) is 6.07 Å². The van der Waals surface area contributed by atoms with Crippen LogP contribution in [0, 0.1) is 11.8 Å². The van der Waals surface area contributed by atoms with Gasteiger partial charge in [0.05, 0.1) is 12.6 Å². The van der Waals surface area contributed by atoms with Crippen LogP contribution in [0.5, 0.6) is 5.75 Å². The Labute approximate surface area is 183 Å². The van der Waals surface area contributed by atoms with E-state index >= 15 is 0 Å². The SMILES string of the molecule is COc1cccc([C@]23CCN(C(=O)C4CC4)C[C@@H]2Cc2cc4ccccc4nc2C3)c1. The quantitative estimate of drug-likeness (QED) is 0.634. The molecule has 4 nitrogen and oxygen atoms in total. The van der Waals surface area contributed by atoms with Gasteiger partial charge < -0.3 is 9.64 Å². The second kappa shape index (κ2) is 7.08. The van der Waals surface area contributed by atoms with E-state index in [0.29, 0.717) is 11.8 Å². The molecule has 2 aliphatic carbocycles. The molecule has 0 unspecified atom stereocenters. The van der Waals surface area contributed by atoms with Crippen LogP contribution in [0.3, 0.4) is 0 Å². The molecule has 0 spiro atoms. The van der Waals surface area contributed by atoms with Gasteiger partial charge in [-0.1, -0.05) is 30.3 Å². The fourth-order valence-corrected chi connectivity index (χ4v) is 5.86. The van der Waals surface area contributed by atoms with E-state index in [-0.39, 0.29) is 11.3 Å². The minimum Gasteiger partial charge on any atom is -0.497 e. The highest BCUT2D eigenvalue weighted by molar-refractivity contribution is 5.81. The van der Waals surface area contributed by atoms with Gasteiger partial charge in [0.2, 0.25) is 5.91 Å². The zero-order chi connectivity index (χ0) is 21.0. The number of piperidine rings is 1. The molecule has 2 heterocycles. The maximum Gasteiger partial charge on any atom is 0.225 e. The fourth-order valence-electron chi connectivity index (χ4n) is 5.86. The monoisotopic (exact) mass is 412 g/mol. The Morgan fingerprint density at radius 1 is 1.13 bits per heavy atom. The van der Waals surface area contributed by atoms with Gasteiger partial charge in [-0.15, -0.1) is 0 Å². The van der Waals surface area contributed by atoms with Crippen molar-refractivity contribution in [3.05, 3.63) is 71.4 Å². The van der Waals surface area contributed by atoms with Crippen molar-refractivity contribution < 1.29 is 9.53 Å². The Balaban J connectivity index is 1.44. The number of hydrogen-bond acceptors (Lipinski definition) is 3. The van der Waals surface area contributed by atoms with E-state index in [2.05, 4.69) is 53.4 Å². The Morgan fingerprint density at radius 3 is 2.84 bits per heavy atom. The number of likely N-dealkylation sites (tertiary alicyclic amines) is 1. The molecular weight excluding hydrogens is 384 g/mol. The molecule has 1 saturated carbocycles. The van der Waals surface area contributed by atoms with Gasteiger partial charge in [0.15, 0.2) is 0 Å². The van der Waals surface area contributed by atoms with Crippen molar-refractivity contribution in [3.8, 4) is 5.75 Å². The molecular formula is C27H28N2O2. The van der Waals surface area contributed by atoms with E-state index < -0.39 is 0 Å². The smallest absolute Gasteiger partial charge is 0.225 e. The lowest BCUT2D eigenvalue weighted by atomic mass is 9.58. The number of fused-ring (bicyclic) bond motifs is 3. The van der Waals surface area contributed by atoms with Gasteiger partial charge in [-0.05, 0) is 67.0 Å². The number of hydrogen-bond donors (Lipinski definition) is 0. The van der Waals surface area contributed by atoms with Crippen molar-refractivity contribution in [1.82, 2.24) is 9.88 Å². The van der Waals surface area contributed by atoms with Crippen LogP contribution in [-0.2, 0) is 23.1 Å². The number of aromatic nitrogens is 1. The molecule has 4 heteroatoms. The molecule has 0 radical (unpaired) electrons. The summed E-state index contributed by atoms with van der Waals surface area (Å²) in [4.78, 5) is 20.1. The lowest BCUT2D eigenvalue weighted by Crippen LogP contribution is -2.55. The predicted molar refractivity (Wildman–Crippen MR) is 121 cm³/mol. The summed E-state index contributed by atoms with van der Waals surface area (Å²) in [5, 5.41) is 1.21. The lowest BCUT2D eigenvalue weighted by Gasteiger charge is -2.51. The maximum absolute atomic E-state index is 12.9. The summed E-state index contributed by atoms with van der Waals surface area (Å²) in [6.45, 7) is 1.69. The average Bonchev–Trinajstić information content (AvgIpc) is 3.66. The summed E-state index contributed by atoms with van der Waals surface area (Å²) in [6, 6.07) is 19.3. The number of pyridine rings is 1. The normalized spacial score (nSPS) is 25.1. The second-order valence-electron chi connectivity index (χ2n) is 9.56. The van der Waals surface area contributed by atoms with Crippen LogP contribution in [0.2, 0.25) is 0 Å². The number of rotatable bonds is 3. The topological polar surface area (TPSA) is 42.4 Å². The van der Waals surface area contributed by atoms with Gasteiger partial charge >= 0.3 is 0 Å². The van der Waals surface area contributed by atoms with Crippen molar-refractivity contribution in [2.24, 2.45) is 11.8 Å². The third kappa shape index (κ3) is 3.12. The molecule has 2 atom stereocenters. The molecule has 0 N–H and O–H groups in total. The number of carbonyl (C=O) groups excluding carboxylic acids is 1. The van der Waals surface area contributed by atoms with Gasteiger partial charge in [0, 0.05) is 41.9 Å². The van der Waals surface area contributed by atoms with E-state index in [1.54, 1.807) is 7.11 Å². The summed E-state index contributed by atoms with van der Waals surface area (Å²) in [5.41, 5.74) is 4.97. The molecule has 2 fully saturated rings. The summed E-state index contributed by atoms with van der Waals surface area (Å²) < 4.78 is 5.57. The molecule has 31 heavy (non-hydrogen) atoms. The summed E-state index contributed by atoms with van der Waals surface area (Å²) in [7, 11) is 1.73. The number of para-hydroxylation sites is 1. The van der Waals surface area contributed by atoms with Crippen LogP contribution in [0.4, 0.5) is 0 Å². The highest BCUT2D eigenvalue weighted by Crippen LogP contribution is 2.49. The molecule has 158 valence electrons. The van der Waals surface area contributed by atoms with Crippen LogP contribution >= 0.6 is 0 Å². The first kappa shape index (κ1) is 18.9. The molecule has 6 rings (SSSR count). The predicted octanol–water partition coefficient (Wildman–Crippen LogP) is 4.54. The largest absolute Gasteiger partial charge is 0.497 e. The molecule has 3 aliphatic rings. The first-order valence-corrected chi connectivity index (χ1v) is 11.5. The Bertz CT molecular complexity index is 1170. The minimum atomic E-state index is -0.00265. The second-order valence-corrected chi connectivity index (χ2v) is 9.56. The van der Waals surface area contributed by atoms with E-state index in [1.165, 1.54) is 22.2 Å². The van der Waals surface area contributed by atoms with Crippen molar-refractivity contribution in [2.45, 2.75) is 37.5 Å². The first-order chi connectivity index (χ1) is 15.2. The van der Waals surface area contributed by atoms with Crippen LogP contribution in [0.25, 0.3) is 10.9 Å². The molecule has 1 aliphatic heterocycles. The van der Waals surface area contributed by atoms with Crippen LogP contribution in [0.15, 0.2) is 54.6 Å². The zero-order valence-electron chi connectivity index (χ0n) is 18.0. The van der Waals surface area contributed by atoms with Gasteiger partial charge in [-0.25, -0.2) is 0 Å². The lowest BCUT2D eigenvalue weighted by molar-refractivity contribution is -0.135. The van der Waals surface area contributed by atoms with E-state index in [0.717, 1.165) is 56.5 Å². The molecule has 1 saturated heterocycles. The average molecular weight is 413 g/mol. The molecule has 2 aromatic carbocycles. The number of carbonyl (C=O) groups is 1. The van der Waals surface area contributed by atoms with Crippen LogP contribution in [-0.4, -0.2) is 36.0 Å². The summed E-state index contributed by atoms with van der Waals surface area (Å²) >= 11 is 0. The Kier molecular flexibility index (Phi) is 4.31. The number of methoxy groups -OCH3 is 1. The highest BCUT2D eigenvalue weighted by atomic mass is 16.5. The van der Waals surface area contributed by atoms with Gasteiger partial charge in [-0.3, -0.25) is 9.78 Å². The van der Waals surface area contributed by atoms with Crippen molar-refractivity contribution in [3.63, 3.8) is 0 Å². The summed E-state index contributed by atoms with van der Waals surface area (Å²) in [5.74, 6) is 1.96. The third-order valence-corrected chi connectivity index (χ3v) is 7.77. The number of nitrogens with zero attached hydrogens (tertiary/aromatic N) is 2. The number of benzene rings is 2. The number of amides is 1. The standard InChI is InChI=1S/C27H28N2O2/c1-31-23-7-4-6-21(15-23)27-11-12-29(26(30)18-9-10-18)17-22(27)14-20-13-19-5-2-3-8-24(19)28-25(20)16-27/h2-8,13,15,18,22H,9-12,14,16-17H2,1H3/t22-,27+/m0/s1. The fraction of sp³-hybridized carbons (Fsp3) is 0.407.